The molecule has 3 N–H and O–H groups in total. The third-order valence-electron chi connectivity index (χ3n) is 5.12. The first-order valence-corrected chi connectivity index (χ1v) is 12.4. The quantitative estimate of drug-likeness (QED) is 0.273. The lowest BCUT2D eigenvalue weighted by atomic mass is 10.1. The molecule has 0 fully saturated rings. The summed E-state index contributed by atoms with van der Waals surface area (Å²) < 4.78 is 27.2. The van der Waals surface area contributed by atoms with E-state index in [4.69, 9.17) is 9.05 Å². The van der Waals surface area contributed by atoms with Crippen LogP contribution in [0.5, 0.6) is 0 Å². The average Bonchev–Trinajstić information content (AvgIpc) is 3.34. The Morgan fingerprint density at radius 2 is 1.79 bits per heavy atom. The Morgan fingerprint density at radius 1 is 1.06 bits per heavy atom. The summed E-state index contributed by atoms with van der Waals surface area (Å²) in [5.41, 5.74) is 2.34. The molecular weight excluding hydrogens is 529 g/mol. The number of halogens is 1. The van der Waals surface area contributed by atoms with Crippen LogP contribution in [0.15, 0.2) is 53.1 Å². The minimum absolute atomic E-state index is 0.0984. The molecule has 10 nitrogen and oxygen atoms in total. The number of fused-ring (bicyclic) bond motifs is 1. The van der Waals surface area contributed by atoms with Gasteiger partial charge in [0.15, 0.2) is 0 Å². The Morgan fingerprint density at radius 3 is 2.44 bits per heavy atom. The van der Waals surface area contributed by atoms with Crippen molar-refractivity contribution >= 4 is 52.2 Å². The van der Waals surface area contributed by atoms with Gasteiger partial charge in [-0.3, -0.25) is 14.2 Å². The van der Waals surface area contributed by atoms with Crippen molar-refractivity contribution in [2.24, 2.45) is 0 Å². The van der Waals surface area contributed by atoms with Crippen LogP contribution in [0.25, 0.3) is 10.9 Å². The summed E-state index contributed by atoms with van der Waals surface area (Å²) in [4.78, 5) is 40.7. The molecule has 0 bridgehead atoms. The second kappa shape index (κ2) is 11.0. The van der Waals surface area contributed by atoms with E-state index >= 15 is 0 Å². The summed E-state index contributed by atoms with van der Waals surface area (Å²) in [5, 5.41) is 6.19. The third-order valence-corrected chi connectivity index (χ3v) is 7.76. The van der Waals surface area contributed by atoms with Gasteiger partial charge in [-0.25, -0.2) is 4.79 Å². The molecular formula is C22H23BrN3O7P. The molecule has 3 rings (SSSR count). The topological polar surface area (TPSA) is 136 Å². The van der Waals surface area contributed by atoms with Gasteiger partial charge in [-0.2, -0.15) is 0 Å². The summed E-state index contributed by atoms with van der Waals surface area (Å²) >= 11 is 3.28. The van der Waals surface area contributed by atoms with Crippen LogP contribution >= 0.6 is 23.5 Å². The first-order chi connectivity index (χ1) is 16.2. The molecule has 12 heteroatoms. The van der Waals surface area contributed by atoms with Crippen molar-refractivity contribution in [1.82, 2.24) is 15.6 Å². The standard InChI is InChI=1S/C22H23BrN3O7P/c1-31-22(29)21(34(30,32-2)33-3)26-20(28)16-8-7-13(11-17(16)23)19(27)25-12-14-5-4-6-18-15(14)9-10-24-18/h4-11,21,24H,12H2,1-3H3,(H,25,27)(H,26,28). The lowest BCUT2D eigenvalue weighted by molar-refractivity contribution is -0.141. The Bertz CT molecular complexity index is 1270. The fourth-order valence-electron chi connectivity index (χ4n) is 3.29. The first-order valence-electron chi connectivity index (χ1n) is 9.96. The number of esters is 1. The van der Waals surface area contributed by atoms with Crippen molar-refractivity contribution < 1.29 is 32.7 Å². The predicted molar refractivity (Wildman–Crippen MR) is 129 cm³/mol. The molecule has 34 heavy (non-hydrogen) atoms. The number of hydrogen-bond acceptors (Lipinski definition) is 7. The van der Waals surface area contributed by atoms with E-state index in [-0.39, 0.29) is 11.5 Å². The van der Waals surface area contributed by atoms with Crippen LogP contribution in [0.4, 0.5) is 0 Å². The minimum atomic E-state index is -4.02. The molecule has 1 unspecified atom stereocenters. The Labute approximate surface area is 204 Å². The molecule has 0 spiro atoms. The molecule has 1 heterocycles. The molecule has 2 amide bonds. The van der Waals surface area contributed by atoms with Gasteiger partial charge in [0.25, 0.3) is 11.8 Å². The molecule has 0 radical (unpaired) electrons. The number of aromatic nitrogens is 1. The zero-order chi connectivity index (χ0) is 24.9. The average molecular weight is 552 g/mol. The van der Waals surface area contributed by atoms with Gasteiger partial charge >= 0.3 is 13.6 Å². The minimum Gasteiger partial charge on any atom is -0.467 e. The predicted octanol–water partition coefficient (Wildman–Crippen LogP) is 3.58. The highest BCUT2D eigenvalue weighted by molar-refractivity contribution is 9.10. The lowest BCUT2D eigenvalue weighted by Gasteiger charge is -2.23. The molecule has 0 aliphatic carbocycles. The fourth-order valence-corrected chi connectivity index (χ4v) is 5.06. The maximum absolute atomic E-state index is 12.8. The smallest absolute Gasteiger partial charge is 0.363 e. The van der Waals surface area contributed by atoms with Crippen molar-refractivity contribution in [3.63, 3.8) is 0 Å². The molecule has 0 aliphatic heterocycles. The van der Waals surface area contributed by atoms with Crippen LogP contribution in [0.1, 0.15) is 26.3 Å². The number of carbonyl (C=O) groups is 3. The number of hydrogen-bond donors (Lipinski definition) is 3. The number of carbonyl (C=O) groups excluding carboxylic acids is 3. The number of aromatic amines is 1. The molecule has 2 aromatic carbocycles. The molecule has 0 saturated heterocycles. The zero-order valence-electron chi connectivity index (χ0n) is 18.6. The van der Waals surface area contributed by atoms with Crippen molar-refractivity contribution in [3.8, 4) is 0 Å². The third kappa shape index (κ3) is 5.39. The van der Waals surface area contributed by atoms with E-state index in [2.05, 4.69) is 36.3 Å². The summed E-state index contributed by atoms with van der Waals surface area (Å²) in [6.45, 7) is 0.317. The number of amides is 2. The Balaban J connectivity index is 1.73. The van der Waals surface area contributed by atoms with E-state index in [0.29, 0.717) is 16.6 Å². The van der Waals surface area contributed by atoms with Gasteiger partial charge in [0.05, 0.1) is 12.7 Å². The van der Waals surface area contributed by atoms with E-state index < -0.39 is 25.3 Å². The highest BCUT2D eigenvalue weighted by Crippen LogP contribution is 2.50. The van der Waals surface area contributed by atoms with Gasteiger partial charge in [-0.15, -0.1) is 0 Å². The van der Waals surface area contributed by atoms with Crippen LogP contribution in [-0.2, 0) is 29.7 Å². The highest BCUT2D eigenvalue weighted by atomic mass is 79.9. The molecule has 1 atom stereocenters. The Kier molecular flexibility index (Phi) is 8.27. The van der Waals surface area contributed by atoms with E-state index in [1.54, 1.807) is 0 Å². The second-order valence-electron chi connectivity index (χ2n) is 7.04. The van der Waals surface area contributed by atoms with E-state index in [0.717, 1.165) is 37.8 Å². The summed E-state index contributed by atoms with van der Waals surface area (Å²) in [6.07, 6.45) is 1.83. The van der Waals surface area contributed by atoms with Crippen LogP contribution < -0.4 is 10.6 Å². The number of H-pyrrole nitrogens is 1. The van der Waals surface area contributed by atoms with E-state index in [1.807, 2.05) is 30.5 Å². The van der Waals surface area contributed by atoms with Crippen LogP contribution in [0, 0.1) is 0 Å². The maximum atomic E-state index is 12.8. The first kappa shape index (κ1) is 25.6. The number of benzene rings is 2. The summed E-state index contributed by atoms with van der Waals surface area (Å²) in [7, 11) is -0.759. The van der Waals surface area contributed by atoms with Crippen molar-refractivity contribution in [3.05, 3.63) is 69.8 Å². The maximum Gasteiger partial charge on any atom is 0.363 e. The normalized spacial score (nSPS) is 12.2. The van der Waals surface area contributed by atoms with Crippen molar-refractivity contribution in [2.45, 2.75) is 12.3 Å². The molecule has 3 aromatic rings. The molecule has 180 valence electrons. The summed E-state index contributed by atoms with van der Waals surface area (Å²) in [5.74, 6) is -3.76. The van der Waals surface area contributed by atoms with Crippen molar-refractivity contribution in [1.29, 1.82) is 0 Å². The number of nitrogens with one attached hydrogen (secondary N) is 3. The number of methoxy groups -OCH3 is 1. The second-order valence-corrected chi connectivity index (χ2v) is 10.2. The van der Waals surface area contributed by atoms with E-state index in [1.165, 1.54) is 18.2 Å². The van der Waals surface area contributed by atoms with Gasteiger partial charge in [0, 0.05) is 47.9 Å². The van der Waals surface area contributed by atoms with Crippen LogP contribution in [0.2, 0.25) is 0 Å². The van der Waals surface area contributed by atoms with Crippen molar-refractivity contribution in [2.75, 3.05) is 21.3 Å². The Hall–Kier alpha value is -2.98. The van der Waals surface area contributed by atoms with Crippen LogP contribution in [-0.4, -0.2) is 49.9 Å². The van der Waals surface area contributed by atoms with Gasteiger partial charge in [0.2, 0.25) is 5.78 Å². The largest absolute Gasteiger partial charge is 0.467 e. The van der Waals surface area contributed by atoms with Crippen LogP contribution in [0.3, 0.4) is 0 Å². The fraction of sp³-hybridized carbons (Fsp3) is 0.227. The number of ether oxygens (including phenoxy) is 1. The van der Waals surface area contributed by atoms with E-state index in [9.17, 15) is 18.9 Å². The van der Waals surface area contributed by atoms with Gasteiger partial charge in [-0.1, -0.05) is 12.1 Å². The SMILES string of the molecule is COC(=O)C(NC(=O)c1ccc(C(=O)NCc2cccc3[nH]ccc23)cc1Br)P(=O)(OC)OC. The molecule has 0 saturated carbocycles. The van der Waals surface area contributed by atoms with Gasteiger partial charge in [-0.05, 0) is 51.8 Å². The van der Waals surface area contributed by atoms with Gasteiger partial charge < -0.3 is 29.4 Å². The highest BCUT2D eigenvalue weighted by Gasteiger charge is 2.42. The monoisotopic (exact) mass is 551 g/mol. The number of rotatable bonds is 9. The molecule has 1 aromatic heterocycles. The lowest BCUT2D eigenvalue weighted by Crippen LogP contribution is -2.42. The summed E-state index contributed by atoms with van der Waals surface area (Å²) in [6, 6.07) is 12.1. The van der Waals surface area contributed by atoms with Gasteiger partial charge in [0.1, 0.15) is 0 Å². The molecule has 0 aliphatic rings. The zero-order valence-corrected chi connectivity index (χ0v) is 21.1.